The lowest BCUT2D eigenvalue weighted by molar-refractivity contribution is -0.149. The maximum atomic E-state index is 12.7. The fourth-order valence-corrected chi connectivity index (χ4v) is 5.25. The highest BCUT2D eigenvalue weighted by atomic mass is 16.6. The van der Waals surface area contributed by atoms with E-state index in [1.54, 1.807) is 0 Å². The molecule has 0 N–H and O–H groups in total. The summed E-state index contributed by atoms with van der Waals surface area (Å²) in [6.07, 6.45) is 10.1. The summed E-state index contributed by atoms with van der Waals surface area (Å²) in [6, 6.07) is 0. The Morgan fingerprint density at radius 2 is 1.91 bits per heavy atom. The minimum atomic E-state index is -0.266. The highest BCUT2D eigenvalue weighted by molar-refractivity contribution is 5.79. The van der Waals surface area contributed by atoms with Crippen molar-refractivity contribution in [2.45, 2.75) is 85.2 Å². The Kier molecular flexibility index (Phi) is 4.23. The van der Waals surface area contributed by atoms with Crippen molar-refractivity contribution >= 4 is 5.97 Å². The quantitative estimate of drug-likeness (QED) is 0.430. The van der Waals surface area contributed by atoms with E-state index in [2.05, 4.69) is 40.7 Å². The van der Waals surface area contributed by atoms with Crippen molar-refractivity contribution in [3.63, 3.8) is 0 Å². The van der Waals surface area contributed by atoms with Gasteiger partial charge in [0.1, 0.15) is 5.60 Å². The van der Waals surface area contributed by atoms with Gasteiger partial charge in [0.25, 0.3) is 0 Å². The van der Waals surface area contributed by atoms with Crippen LogP contribution < -0.4 is 0 Å². The zero-order valence-corrected chi connectivity index (χ0v) is 15.5. The van der Waals surface area contributed by atoms with Crippen LogP contribution in [0.25, 0.3) is 0 Å². The molecule has 1 unspecified atom stereocenters. The number of ether oxygens (including phenoxy) is 1. The van der Waals surface area contributed by atoms with Crippen molar-refractivity contribution in [2.75, 3.05) is 0 Å². The molecule has 4 bridgehead atoms. The van der Waals surface area contributed by atoms with E-state index in [1.807, 2.05) is 0 Å². The molecule has 1 saturated heterocycles. The summed E-state index contributed by atoms with van der Waals surface area (Å²) in [4.78, 5) is 12.7. The third-order valence-electron chi connectivity index (χ3n) is 6.69. The third kappa shape index (κ3) is 3.02. The Balaban J connectivity index is 2.05. The maximum Gasteiger partial charge on any atom is 0.313 e. The monoisotopic (exact) mass is 316 g/mol. The standard InChI is InChI=1S/C21H32O2/c1-14-7-6-12-21(5)13-17(19(22)23-21)18-15(2)9-11-16(10-8-14)20(18,3)4/h8,16-17H,6-7,9-13H2,1-5H3/b14-8-/t16-,17-,21?/m0/s1. The Morgan fingerprint density at radius 1 is 1.17 bits per heavy atom. The Labute approximate surface area is 141 Å². The van der Waals surface area contributed by atoms with Gasteiger partial charge in [0.05, 0.1) is 5.92 Å². The van der Waals surface area contributed by atoms with Crippen LogP contribution in [-0.2, 0) is 9.53 Å². The number of carbonyl (C=O) groups excluding carboxylic acids is 1. The van der Waals surface area contributed by atoms with Gasteiger partial charge >= 0.3 is 5.97 Å². The first-order chi connectivity index (χ1) is 10.7. The van der Waals surface area contributed by atoms with Gasteiger partial charge in [-0.3, -0.25) is 4.79 Å². The van der Waals surface area contributed by atoms with E-state index in [1.165, 1.54) is 23.1 Å². The van der Waals surface area contributed by atoms with Gasteiger partial charge in [-0.2, -0.15) is 0 Å². The molecule has 1 aliphatic heterocycles. The van der Waals surface area contributed by atoms with Gasteiger partial charge in [0, 0.05) is 6.42 Å². The van der Waals surface area contributed by atoms with E-state index in [4.69, 9.17) is 4.74 Å². The van der Waals surface area contributed by atoms with Crippen molar-refractivity contribution in [3.05, 3.63) is 22.8 Å². The maximum absolute atomic E-state index is 12.7. The second kappa shape index (κ2) is 5.79. The summed E-state index contributed by atoms with van der Waals surface area (Å²) in [6.45, 7) is 11.3. The average molecular weight is 316 g/mol. The molecule has 2 nitrogen and oxygen atoms in total. The smallest absolute Gasteiger partial charge is 0.313 e. The molecular formula is C21H32O2. The van der Waals surface area contributed by atoms with E-state index < -0.39 is 0 Å². The molecule has 0 radical (unpaired) electrons. The van der Waals surface area contributed by atoms with Crippen molar-refractivity contribution in [1.82, 2.24) is 0 Å². The van der Waals surface area contributed by atoms with Crippen LogP contribution in [-0.4, -0.2) is 11.6 Å². The Bertz CT molecular complexity index is 566. The van der Waals surface area contributed by atoms with Crippen LogP contribution in [0.4, 0.5) is 0 Å². The molecule has 23 heavy (non-hydrogen) atoms. The van der Waals surface area contributed by atoms with Crippen LogP contribution in [0.5, 0.6) is 0 Å². The topological polar surface area (TPSA) is 26.3 Å². The highest BCUT2D eigenvalue weighted by Crippen LogP contribution is 2.53. The molecule has 0 aromatic rings. The average Bonchev–Trinajstić information content (AvgIpc) is 2.72. The van der Waals surface area contributed by atoms with Gasteiger partial charge in [0.15, 0.2) is 0 Å². The van der Waals surface area contributed by atoms with Crippen LogP contribution in [0.2, 0.25) is 0 Å². The first-order valence-corrected chi connectivity index (χ1v) is 9.31. The van der Waals surface area contributed by atoms with Crippen LogP contribution in [0, 0.1) is 17.3 Å². The molecule has 3 aliphatic rings. The second-order valence-electron chi connectivity index (χ2n) is 8.92. The minimum absolute atomic E-state index is 0.0118. The van der Waals surface area contributed by atoms with Gasteiger partial charge < -0.3 is 4.74 Å². The van der Waals surface area contributed by atoms with Gasteiger partial charge in [-0.1, -0.05) is 36.6 Å². The van der Waals surface area contributed by atoms with E-state index >= 15 is 0 Å². The fourth-order valence-electron chi connectivity index (χ4n) is 5.25. The summed E-state index contributed by atoms with van der Waals surface area (Å²) in [5.74, 6) is 0.650. The van der Waals surface area contributed by atoms with Crippen molar-refractivity contribution < 1.29 is 9.53 Å². The molecule has 0 spiro atoms. The first-order valence-electron chi connectivity index (χ1n) is 9.31. The predicted molar refractivity (Wildman–Crippen MR) is 94.0 cm³/mol. The molecule has 128 valence electrons. The molecule has 1 fully saturated rings. The van der Waals surface area contributed by atoms with Gasteiger partial charge in [-0.15, -0.1) is 0 Å². The van der Waals surface area contributed by atoms with Gasteiger partial charge in [0.2, 0.25) is 0 Å². The van der Waals surface area contributed by atoms with E-state index in [0.717, 1.165) is 38.5 Å². The SMILES string of the molecule is CC1=C2[C@@H]3CC(C)(CCC/C(C)=C\C[C@@H](CC1)C2(C)C)OC3=O. The molecule has 2 aliphatic carbocycles. The first kappa shape index (κ1) is 16.8. The van der Waals surface area contributed by atoms with Gasteiger partial charge in [-0.05, 0) is 70.6 Å². The van der Waals surface area contributed by atoms with E-state index in [0.29, 0.717) is 5.92 Å². The van der Waals surface area contributed by atoms with E-state index in [-0.39, 0.29) is 22.9 Å². The van der Waals surface area contributed by atoms with Gasteiger partial charge in [-0.25, -0.2) is 0 Å². The summed E-state index contributed by atoms with van der Waals surface area (Å²) in [7, 11) is 0. The van der Waals surface area contributed by atoms with Crippen molar-refractivity contribution in [2.24, 2.45) is 17.3 Å². The molecule has 0 saturated carbocycles. The number of hydrogen-bond donors (Lipinski definition) is 0. The van der Waals surface area contributed by atoms with Crippen LogP contribution in [0.1, 0.15) is 79.6 Å². The molecule has 2 heteroatoms. The number of hydrogen-bond acceptors (Lipinski definition) is 2. The molecule has 3 rings (SSSR count). The Morgan fingerprint density at radius 3 is 2.65 bits per heavy atom. The third-order valence-corrected chi connectivity index (χ3v) is 6.69. The van der Waals surface area contributed by atoms with Crippen LogP contribution >= 0.6 is 0 Å². The largest absolute Gasteiger partial charge is 0.459 e. The molecule has 0 aromatic heterocycles. The van der Waals surface area contributed by atoms with Crippen LogP contribution in [0.3, 0.4) is 0 Å². The number of esters is 1. The zero-order chi connectivity index (χ0) is 16.8. The number of carbonyl (C=O) groups is 1. The molecule has 1 heterocycles. The fraction of sp³-hybridized carbons (Fsp3) is 0.762. The summed E-state index contributed by atoms with van der Waals surface area (Å²) in [5.41, 5.74) is 4.16. The lowest BCUT2D eigenvalue weighted by Crippen LogP contribution is -2.35. The predicted octanol–water partition coefficient (Wildman–Crippen LogP) is 5.58. The number of rotatable bonds is 0. The molecular weight excluding hydrogens is 284 g/mol. The second-order valence-corrected chi connectivity index (χ2v) is 8.92. The minimum Gasteiger partial charge on any atom is -0.459 e. The lowest BCUT2D eigenvalue weighted by atomic mass is 9.60. The number of fused-ring (bicyclic) bond motifs is 5. The number of allylic oxidation sites excluding steroid dienone is 3. The Hall–Kier alpha value is -1.05. The molecule has 0 aromatic carbocycles. The molecule has 0 amide bonds. The van der Waals surface area contributed by atoms with Crippen LogP contribution in [0.15, 0.2) is 22.8 Å². The zero-order valence-electron chi connectivity index (χ0n) is 15.5. The van der Waals surface area contributed by atoms with Crippen molar-refractivity contribution in [3.8, 4) is 0 Å². The summed E-state index contributed by atoms with van der Waals surface area (Å²) >= 11 is 0. The lowest BCUT2D eigenvalue weighted by Gasteiger charge is -2.43. The molecule has 3 atom stereocenters. The highest BCUT2D eigenvalue weighted by Gasteiger charge is 2.50. The van der Waals surface area contributed by atoms with E-state index in [9.17, 15) is 4.79 Å². The summed E-state index contributed by atoms with van der Waals surface area (Å²) in [5, 5.41) is 0. The summed E-state index contributed by atoms with van der Waals surface area (Å²) < 4.78 is 5.90. The van der Waals surface area contributed by atoms with Crippen molar-refractivity contribution in [1.29, 1.82) is 0 Å². The normalized spacial score (nSPS) is 39.9.